The van der Waals surface area contributed by atoms with E-state index in [0.717, 1.165) is 21.6 Å². The van der Waals surface area contributed by atoms with Gasteiger partial charge < -0.3 is 10.1 Å². The molecule has 2 heterocycles. The number of hydrogen-bond acceptors (Lipinski definition) is 5. The number of amides is 1. The average Bonchev–Trinajstić information content (AvgIpc) is 3.16. The summed E-state index contributed by atoms with van der Waals surface area (Å²) >= 11 is 1.46. The predicted octanol–water partition coefficient (Wildman–Crippen LogP) is 6.36. The number of carbonyl (C=O) groups excluding carboxylic acids is 1. The molecular weight excluding hydrogens is 394 g/mol. The molecule has 1 unspecified atom stereocenters. The average molecular weight is 424 g/mol. The van der Waals surface area contributed by atoms with Gasteiger partial charge in [-0.3, -0.25) is 5.32 Å². The topological polar surface area (TPSA) is 63.2 Å². The Morgan fingerprint density at radius 1 is 1.20 bits per heavy atom. The van der Waals surface area contributed by atoms with Crippen molar-refractivity contribution in [2.45, 2.75) is 58.0 Å². The van der Waals surface area contributed by atoms with Gasteiger partial charge in [0.05, 0.1) is 0 Å². The van der Waals surface area contributed by atoms with Crippen LogP contribution in [0.1, 0.15) is 51.0 Å². The van der Waals surface area contributed by atoms with Gasteiger partial charge >= 0.3 is 6.09 Å². The molecule has 0 radical (unpaired) electrons. The maximum atomic E-state index is 12.4. The summed E-state index contributed by atoms with van der Waals surface area (Å²) in [5.74, 6) is 1.38. The number of nitrogens with zero attached hydrogens (tertiary/aromatic N) is 1. The zero-order chi connectivity index (χ0) is 20.8. The van der Waals surface area contributed by atoms with E-state index in [4.69, 9.17) is 4.74 Å². The molecular formula is C24H29N3O2S. The number of thiophene rings is 1. The molecule has 1 atom stereocenters. The molecule has 0 bridgehead atoms. The summed E-state index contributed by atoms with van der Waals surface area (Å²) in [4.78, 5) is 16.8. The van der Waals surface area contributed by atoms with Crippen LogP contribution in [0.4, 0.5) is 10.6 Å². The lowest BCUT2D eigenvalue weighted by Gasteiger charge is -2.25. The first-order valence-corrected chi connectivity index (χ1v) is 11.6. The minimum absolute atomic E-state index is 0.437. The maximum absolute atomic E-state index is 12.4. The fourth-order valence-corrected chi connectivity index (χ4v) is 5.12. The zero-order valence-corrected chi connectivity index (χ0v) is 18.2. The first-order chi connectivity index (χ1) is 14.7. The number of fused-ring (bicyclic) bond motifs is 1. The van der Waals surface area contributed by atoms with Gasteiger partial charge in [-0.2, -0.15) is 0 Å². The third-order valence-electron chi connectivity index (χ3n) is 5.76. The molecule has 2 N–H and O–H groups in total. The molecule has 2 aromatic heterocycles. The number of hydrogen-bond donors (Lipinski definition) is 2. The smallest absolute Gasteiger partial charge is 0.399 e. The molecule has 1 aliphatic carbocycles. The quantitative estimate of drug-likeness (QED) is 0.464. The molecule has 30 heavy (non-hydrogen) atoms. The molecule has 4 rings (SSSR count). The fourth-order valence-electron chi connectivity index (χ4n) is 4.21. The Morgan fingerprint density at radius 2 is 2.03 bits per heavy atom. The maximum Gasteiger partial charge on any atom is 0.419 e. The van der Waals surface area contributed by atoms with Crippen LogP contribution in [0.2, 0.25) is 0 Å². The van der Waals surface area contributed by atoms with Crippen LogP contribution in [0.15, 0.2) is 48.7 Å². The summed E-state index contributed by atoms with van der Waals surface area (Å²) < 4.78 is 6.59. The molecule has 3 aromatic rings. The van der Waals surface area contributed by atoms with Crippen molar-refractivity contribution < 1.29 is 9.53 Å². The molecule has 1 aliphatic rings. The number of ether oxygens (including phenoxy) is 1. The summed E-state index contributed by atoms with van der Waals surface area (Å²) in [6.07, 6.45) is 9.22. The monoisotopic (exact) mass is 423 g/mol. The Morgan fingerprint density at radius 3 is 2.87 bits per heavy atom. The lowest BCUT2D eigenvalue weighted by molar-refractivity contribution is 0.216. The van der Waals surface area contributed by atoms with Gasteiger partial charge in [0.15, 0.2) is 5.06 Å². The highest BCUT2D eigenvalue weighted by Gasteiger charge is 2.17. The van der Waals surface area contributed by atoms with Gasteiger partial charge in [-0.15, -0.1) is 0 Å². The number of nitrogens with one attached hydrogen (secondary N) is 2. The second-order valence-electron chi connectivity index (χ2n) is 8.15. The van der Waals surface area contributed by atoms with Crippen molar-refractivity contribution in [2.75, 3.05) is 5.32 Å². The van der Waals surface area contributed by atoms with Crippen molar-refractivity contribution >= 4 is 33.3 Å². The largest absolute Gasteiger partial charge is 0.419 e. The second kappa shape index (κ2) is 10.0. The first-order valence-electron chi connectivity index (χ1n) is 10.8. The minimum Gasteiger partial charge on any atom is -0.399 e. The van der Waals surface area contributed by atoms with E-state index in [1.54, 1.807) is 6.20 Å². The highest BCUT2D eigenvalue weighted by Crippen LogP contribution is 2.31. The molecule has 158 valence electrons. The Hall–Kier alpha value is -2.44. The Balaban J connectivity index is 1.32. The molecule has 5 nitrogen and oxygen atoms in total. The summed E-state index contributed by atoms with van der Waals surface area (Å²) in [5.41, 5.74) is 0.960. The lowest BCUT2D eigenvalue weighted by atomic mass is 9.85. The Bertz CT molecular complexity index is 948. The molecule has 1 saturated carbocycles. The van der Waals surface area contributed by atoms with Gasteiger partial charge in [-0.05, 0) is 36.8 Å². The molecule has 1 aromatic carbocycles. The van der Waals surface area contributed by atoms with Crippen LogP contribution < -0.4 is 15.4 Å². The molecule has 0 spiro atoms. The van der Waals surface area contributed by atoms with Crippen molar-refractivity contribution in [3.05, 3.63) is 54.2 Å². The molecule has 1 fully saturated rings. The Labute approximate surface area is 181 Å². The van der Waals surface area contributed by atoms with E-state index in [1.165, 1.54) is 49.9 Å². The van der Waals surface area contributed by atoms with E-state index >= 15 is 0 Å². The van der Waals surface area contributed by atoms with Crippen molar-refractivity contribution in [1.82, 2.24) is 10.3 Å². The van der Waals surface area contributed by atoms with Gasteiger partial charge in [0, 0.05) is 35.1 Å². The lowest BCUT2D eigenvalue weighted by Crippen LogP contribution is -2.29. The first kappa shape index (κ1) is 20.8. The number of pyridine rings is 1. The fraction of sp³-hybridized carbons (Fsp3) is 0.417. The zero-order valence-electron chi connectivity index (χ0n) is 17.4. The predicted molar refractivity (Wildman–Crippen MR) is 123 cm³/mol. The number of carbonyl (C=O) groups is 1. The van der Waals surface area contributed by atoms with E-state index in [1.807, 2.05) is 42.5 Å². The highest BCUT2D eigenvalue weighted by atomic mass is 32.1. The molecule has 1 amide bonds. The summed E-state index contributed by atoms with van der Waals surface area (Å²) in [6, 6.07) is 14.2. The third kappa shape index (κ3) is 5.58. The van der Waals surface area contributed by atoms with Crippen LogP contribution in [0.3, 0.4) is 0 Å². The summed E-state index contributed by atoms with van der Waals surface area (Å²) in [7, 11) is 0. The second-order valence-corrected chi connectivity index (χ2v) is 9.20. The number of aromatic nitrogens is 1. The van der Waals surface area contributed by atoms with E-state index in [9.17, 15) is 4.79 Å². The minimum atomic E-state index is -0.517. The number of rotatable bonds is 7. The number of anilines is 1. The Kier molecular flexibility index (Phi) is 6.97. The van der Waals surface area contributed by atoms with E-state index < -0.39 is 6.09 Å². The number of benzene rings is 1. The molecule has 6 heteroatoms. The normalized spacial score (nSPS) is 15.8. The molecule has 0 aliphatic heterocycles. The van der Waals surface area contributed by atoms with Crippen LogP contribution in [0.25, 0.3) is 10.1 Å². The van der Waals surface area contributed by atoms with Gasteiger partial charge in [-0.1, -0.05) is 67.7 Å². The van der Waals surface area contributed by atoms with Gasteiger partial charge in [0.25, 0.3) is 0 Å². The third-order valence-corrected chi connectivity index (χ3v) is 6.75. The van der Waals surface area contributed by atoms with Crippen molar-refractivity contribution in [1.29, 1.82) is 0 Å². The summed E-state index contributed by atoms with van der Waals surface area (Å²) in [5, 5.41) is 8.04. The summed E-state index contributed by atoms with van der Waals surface area (Å²) in [6.45, 7) is 2.91. The van der Waals surface area contributed by atoms with Crippen LogP contribution >= 0.6 is 11.3 Å². The highest BCUT2D eigenvalue weighted by molar-refractivity contribution is 7.20. The van der Waals surface area contributed by atoms with Crippen LogP contribution in [0, 0.1) is 5.92 Å². The van der Waals surface area contributed by atoms with E-state index in [2.05, 4.69) is 22.5 Å². The van der Waals surface area contributed by atoms with Crippen molar-refractivity contribution in [3.8, 4) is 5.06 Å². The standard InChI is InChI=1S/C24H29N3O2S/c1-17(14-18-8-3-2-4-9-18)26-16-20-11-7-13-25-23(20)27-24(28)29-22-15-19-10-5-6-12-21(19)30-22/h5-7,10-13,15,17-18,26H,2-4,8-9,14,16H2,1H3,(H,25,27,28). The van der Waals surface area contributed by atoms with Crippen LogP contribution in [0.5, 0.6) is 5.06 Å². The van der Waals surface area contributed by atoms with E-state index in [0.29, 0.717) is 23.5 Å². The van der Waals surface area contributed by atoms with Crippen molar-refractivity contribution in [2.24, 2.45) is 5.92 Å². The molecule has 0 saturated heterocycles. The van der Waals surface area contributed by atoms with Gasteiger partial charge in [0.2, 0.25) is 0 Å². The van der Waals surface area contributed by atoms with Gasteiger partial charge in [0.1, 0.15) is 5.82 Å². The van der Waals surface area contributed by atoms with Gasteiger partial charge in [-0.25, -0.2) is 9.78 Å². The van der Waals surface area contributed by atoms with E-state index in [-0.39, 0.29) is 0 Å². The van der Waals surface area contributed by atoms with Crippen LogP contribution in [-0.2, 0) is 6.54 Å². The SMILES string of the molecule is CC(CC1CCCCC1)NCc1cccnc1NC(=O)Oc1cc2ccccc2s1. The van der Waals surface area contributed by atoms with Crippen molar-refractivity contribution in [3.63, 3.8) is 0 Å². The van der Waals surface area contributed by atoms with Crippen LogP contribution in [-0.4, -0.2) is 17.1 Å².